The quantitative estimate of drug-likeness (QED) is 0.105. The molecule has 11 heteroatoms. The molecule has 1 fully saturated rings. The number of carbonyl (C=O) groups excluding carboxylic acids is 1. The van der Waals surface area contributed by atoms with Crippen molar-refractivity contribution in [2.45, 2.75) is 45.8 Å². The maximum atomic E-state index is 13.8. The van der Waals surface area contributed by atoms with Crippen LogP contribution in [-0.2, 0) is 22.4 Å². The van der Waals surface area contributed by atoms with Gasteiger partial charge < -0.3 is 40.9 Å². The van der Waals surface area contributed by atoms with Gasteiger partial charge in [0.1, 0.15) is 11.4 Å². The number of nitrogens with two attached hydrogens (primary N) is 1. The molecule has 2 aromatic carbocycles. The minimum Gasteiger partial charge on any atom is -0.389 e. The first kappa shape index (κ1) is 36.2. The summed E-state index contributed by atoms with van der Waals surface area (Å²) in [6, 6.07) is 16.9. The number of nitrogen functional groups attached to an aromatic ring is 1. The molecular formula is C39H46N6O5. The highest BCUT2D eigenvalue weighted by atomic mass is 16.5. The molecular weight excluding hydrogens is 632 g/mol. The molecule has 0 saturated carbocycles. The van der Waals surface area contributed by atoms with Gasteiger partial charge in [0, 0.05) is 91.9 Å². The molecule has 0 spiro atoms. The van der Waals surface area contributed by atoms with Gasteiger partial charge in [-0.15, -0.1) is 0 Å². The second-order valence-electron chi connectivity index (χ2n) is 12.4. The van der Waals surface area contributed by atoms with Crippen LogP contribution in [0, 0.1) is 11.3 Å². The highest BCUT2D eigenvalue weighted by Crippen LogP contribution is 2.29. The molecule has 11 nitrogen and oxygen atoms in total. The molecule has 3 heterocycles. The van der Waals surface area contributed by atoms with Crippen molar-refractivity contribution in [2.75, 3.05) is 44.0 Å². The van der Waals surface area contributed by atoms with Crippen LogP contribution in [0.3, 0.4) is 0 Å². The van der Waals surface area contributed by atoms with Crippen molar-refractivity contribution < 1.29 is 19.4 Å². The van der Waals surface area contributed by atoms with E-state index in [-0.39, 0.29) is 24.1 Å². The molecule has 2 aromatic heterocycles. The molecule has 1 amide bonds. The highest BCUT2D eigenvalue weighted by Gasteiger charge is 2.20. The number of rotatable bonds is 15. The average molecular weight is 679 g/mol. The fourth-order valence-corrected chi connectivity index (χ4v) is 5.87. The molecule has 0 aliphatic carbocycles. The molecule has 6 N–H and O–H groups in total. The number of carbonyl (C=O) groups is 1. The van der Waals surface area contributed by atoms with Crippen LogP contribution in [0.1, 0.15) is 48.2 Å². The van der Waals surface area contributed by atoms with Gasteiger partial charge in [-0.2, -0.15) is 0 Å². The van der Waals surface area contributed by atoms with E-state index in [0.29, 0.717) is 66.1 Å². The van der Waals surface area contributed by atoms with Crippen LogP contribution in [0.2, 0.25) is 0 Å². The monoisotopic (exact) mass is 678 g/mol. The average Bonchev–Trinajstić information content (AvgIpc) is 3.14. The van der Waals surface area contributed by atoms with Gasteiger partial charge >= 0.3 is 0 Å². The van der Waals surface area contributed by atoms with Gasteiger partial charge in [0.2, 0.25) is 5.43 Å². The largest absolute Gasteiger partial charge is 0.389 e. The molecule has 4 aromatic rings. The zero-order valence-electron chi connectivity index (χ0n) is 28.7. The number of hydrogen-bond acceptors (Lipinski definition) is 9. The number of ether oxygens (including phenoxy) is 2. The first-order valence-corrected chi connectivity index (χ1v) is 17.1. The molecule has 5 rings (SSSR count). The summed E-state index contributed by atoms with van der Waals surface area (Å²) in [7, 11) is 0. The lowest BCUT2D eigenvalue weighted by molar-refractivity contribution is 0.0445. The molecule has 0 radical (unpaired) electrons. The number of pyridine rings is 2. The van der Waals surface area contributed by atoms with Crippen LogP contribution in [0.25, 0.3) is 27.8 Å². The van der Waals surface area contributed by atoms with E-state index in [2.05, 4.69) is 22.5 Å². The number of nitrogens with zero attached hydrogens (tertiary/aromatic N) is 2. The van der Waals surface area contributed by atoms with E-state index in [1.807, 2.05) is 60.2 Å². The SMILES string of the molecule is CCOCC(O)CN/C=C(\C=N)c1cnc(N)c(-c2ccc(NC(=O)c3cn(CC4CCOCC4)cc(-c4ccc(CC)cc4)c3=O)cc2)c1. The highest BCUT2D eigenvalue weighted by molar-refractivity contribution is 6.08. The number of aryl methyl sites for hydroxylation is 1. The van der Waals surface area contributed by atoms with Crippen molar-refractivity contribution in [3.05, 3.63) is 106 Å². The van der Waals surface area contributed by atoms with Crippen molar-refractivity contribution in [1.82, 2.24) is 14.9 Å². The Kier molecular flexibility index (Phi) is 12.7. The summed E-state index contributed by atoms with van der Waals surface area (Å²) in [4.78, 5) is 31.8. The van der Waals surface area contributed by atoms with Crippen molar-refractivity contribution >= 4 is 29.2 Å². The van der Waals surface area contributed by atoms with E-state index in [9.17, 15) is 14.7 Å². The number of nitrogens with one attached hydrogen (secondary N) is 3. The summed E-state index contributed by atoms with van der Waals surface area (Å²) >= 11 is 0. The number of aromatic nitrogens is 2. The van der Waals surface area contributed by atoms with Crippen molar-refractivity contribution in [3.8, 4) is 22.3 Å². The van der Waals surface area contributed by atoms with Crippen LogP contribution >= 0.6 is 0 Å². The Labute approximate surface area is 292 Å². The van der Waals surface area contributed by atoms with Crippen LogP contribution in [-0.4, -0.2) is 65.9 Å². The van der Waals surface area contributed by atoms with Crippen molar-refractivity contribution in [3.63, 3.8) is 0 Å². The predicted octanol–water partition coefficient (Wildman–Crippen LogP) is 5.38. The lowest BCUT2D eigenvalue weighted by Gasteiger charge is -2.23. The Bertz CT molecular complexity index is 1850. The van der Waals surface area contributed by atoms with E-state index < -0.39 is 12.0 Å². The minimum absolute atomic E-state index is 0.0735. The first-order chi connectivity index (χ1) is 24.3. The van der Waals surface area contributed by atoms with Gasteiger partial charge in [0.15, 0.2) is 0 Å². The van der Waals surface area contributed by atoms with E-state index in [1.165, 1.54) is 11.8 Å². The van der Waals surface area contributed by atoms with Gasteiger partial charge in [-0.25, -0.2) is 4.98 Å². The Morgan fingerprint density at radius 3 is 2.48 bits per heavy atom. The molecule has 0 bridgehead atoms. The summed E-state index contributed by atoms with van der Waals surface area (Å²) in [6.45, 7) is 7.06. The van der Waals surface area contributed by atoms with Crippen molar-refractivity contribution in [2.24, 2.45) is 5.92 Å². The number of aliphatic hydroxyl groups is 1. The van der Waals surface area contributed by atoms with Gasteiger partial charge in [0.05, 0.1) is 12.7 Å². The number of anilines is 2. The molecule has 1 atom stereocenters. The van der Waals surface area contributed by atoms with Gasteiger partial charge in [-0.05, 0) is 67.0 Å². The third-order valence-electron chi connectivity index (χ3n) is 8.79. The summed E-state index contributed by atoms with van der Waals surface area (Å²) in [5.74, 6) is 0.216. The number of benzene rings is 2. The van der Waals surface area contributed by atoms with Crippen LogP contribution in [0.15, 0.2) is 84.2 Å². The molecule has 262 valence electrons. The summed E-state index contributed by atoms with van der Waals surface area (Å²) in [6.07, 6.45) is 10.0. The molecule has 50 heavy (non-hydrogen) atoms. The molecule has 1 unspecified atom stereocenters. The standard InChI is InChI=1S/C39H46N6O5/c1-3-26-5-7-29(8-6-26)35-23-45(22-27-13-15-50-16-14-27)24-36(37(35)47)39(48)44-32-11-9-28(10-12-32)34-17-30(20-43-38(34)41)31(18-40)19-42-21-33(46)25-49-4-2/h5-12,17-20,23-24,27,33,40,42,46H,3-4,13-16,21-22,25H2,1-2H3,(H2,41,43)(H,44,48)/b31-19+,40-18?. The van der Waals surface area contributed by atoms with E-state index in [0.717, 1.165) is 30.4 Å². The van der Waals surface area contributed by atoms with Gasteiger partial charge in [-0.3, -0.25) is 9.59 Å². The maximum Gasteiger partial charge on any atom is 0.261 e. The van der Waals surface area contributed by atoms with Gasteiger partial charge in [-0.1, -0.05) is 43.3 Å². The minimum atomic E-state index is -0.683. The Hall–Kier alpha value is -5.10. The van der Waals surface area contributed by atoms with Crippen LogP contribution in [0.4, 0.5) is 11.5 Å². The Balaban J connectivity index is 1.36. The number of allylic oxidation sites excluding steroid dienone is 1. The lowest BCUT2D eigenvalue weighted by atomic mass is 9.99. The fourth-order valence-electron chi connectivity index (χ4n) is 5.87. The zero-order chi connectivity index (χ0) is 35.5. The normalized spacial score (nSPS) is 14.3. The van der Waals surface area contributed by atoms with Gasteiger partial charge in [0.25, 0.3) is 5.91 Å². The third-order valence-corrected chi connectivity index (χ3v) is 8.79. The summed E-state index contributed by atoms with van der Waals surface area (Å²) in [5, 5.41) is 23.9. The molecule has 1 saturated heterocycles. The lowest BCUT2D eigenvalue weighted by Crippen LogP contribution is -2.27. The van der Waals surface area contributed by atoms with Crippen LogP contribution in [0.5, 0.6) is 0 Å². The second-order valence-corrected chi connectivity index (χ2v) is 12.4. The predicted molar refractivity (Wildman–Crippen MR) is 198 cm³/mol. The van der Waals surface area contributed by atoms with E-state index >= 15 is 0 Å². The first-order valence-electron chi connectivity index (χ1n) is 17.1. The van der Waals surface area contributed by atoms with E-state index in [4.69, 9.17) is 20.6 Å². The number of hydrogen-bond donors (Lipinski definition) is 5. The Morgan fingerprint density at radius 2 is 1.80 bits per heavy atom. The van der Waals surface area contributed by atoms with Crippen LogP contribution < -0.4 is 21.8 Å². The topological polar surface area (TPSA) is 165 Å². The molecule has 1 aliphatic heterocycles. The Morgan fingerprint density at radius 1 is 1.10 bits per heavy atom. The number of amides is 1. The second kappa shape index (κ2) is 17.5. The number of aliphatic hydroxyl groups excluding tert-OH is 1. The summed E-state index contributed by atoms with van der Waals surface area (Å²) < 4.78 is 12.7. The van der Waals surface area contributed by atoms with E-state index in [1.54, 1.807) is 30.7 Å². The maximum absolute atomic E-state index is 13.8. The summed E-state index contributed by atoms with van der Waals surface area (Å²) in [5.41, 5.74) is 11.6. The fraction of sp³-hybridized carbons (Fsp3) is 0.333. The smallest absolute Gasteiger partial charge is 0.261 e. The molecule has 1 aliphatic rings. The third kappa shape index (κ3) is 9.32. The van der Waals surface area contributed by atoms with Crippen molar-refractivity contribution in [1.29, 1.82) is 5.41 Å². The zero-order valence-corrected chi connectivity index (χ0v) is 28.7.